The van der Waals surface area contributed by atoms with E-state index in [1.54, 1.807) is 40.7 Å². The van der Waals surface area contributed by atoms with Crippen molar-refractivity contribution in [2.45, 2.75) is 37.0 Å². The maximum absolute atomic E-state index is 12.9. The average molecular weight is 476 g/mol. The highest BCUT2D eigenvalue weighted by atomic mass is 32.2. The number of benzene rings is 3. The third kappa shape index (κ3) is 6.22. The summed E-state index contributed by atoms with van der Waals surface area (Å²) in [5, 5.41) is 0. The summed E-state index contributed by atoms with van der Waals surface area (Å²) in [4.78, 5) is 12.7. The molecule has 0 spiro atoms. The van der Waals surface area contributed by atoms with Crippen LogP contribution in [0.4, 0.5) is 0 Å². The highest BCUT2D eigenvalue weighted by Crippen LogP contribution is 2.23. The lowest BCUT2D eigenvalue weighted by Gasteiger charge is -2.19. The number of ether oxygens (including phenoxy) is 1. The quantitative estimate of drug-likeness (QED) is 0.259. The fourth-order valence-electron chi connectivity index (χ4n) is 4.05. The molecule has 0 bridgehead atoms. The summed E-state index contributed by atoms with van der Waals surface area (Å²) < 4.78 is 33.0. The lowest BCUT2D eigenvalue weighted by molar-refractivity contribution is -0.128. The molecule has 0 aliphatic carbocycles. The average Bonchev–Trinajstić information content (AvgIpc) is 3.15. The Bertz CT molecular complexity index is 1230. The topological polar surface area (TPSA) is 63.7 Å². The molecule has 3 aromatic carbocycles. The summed E-state index contributed by atoms with van der Waals surface area (Å²) >= 11 is 0. The number of rotatable bonds is 7. The molecule has 1 saturated heterocycles. The number of carbonyl (C=O) groups is 1. The normalized spacial score (nSPS) is 15.2. The van der Waals surface area contributed by atoms with Gasteiger partial charge in [0.2, 0.25) is 10.0 Å². The predicted octanol–water partition coefficient (Wildman–Crippen LogP) is 5.46. The van der Waals surface area contributed by atoms with Gasteiger partial charge in [0.1, 0.15) is 5.75 Å². The standard InChI is InChI=1S/C28H29NO4S/c30-28(33-27-13-7-6-12-25(27)22-24-10-4-3-5-11-24)19-16-23-14-17-26(18-15-23)34(31,32)29-20-8-1-2-9-21-29/h3-7,10-19H,1-2,8-9,20-22H2/b19-16+. The monoisotopic (exact) mass is 475 g/mol. The van der Waals surface area contributed by atoms with Gasteiger partial charge in [-0.2, -0.15) is 4.31 Å². The molecule has 0 saturated carbocycles. The predicted molar refractivity (Wildman–Crippen MR) is 134 cm³/mol. The second-order valence-electron chi connectivity index (χ2n) is 8.41. The van der Waals surface area contributed by atoms with Crippen molar-refractivity contribution in [2.75, 3.05) is 13.1 Å². The molecule has 5 nitrogen and oxygen atoms in total. The number of carbonyl (C=O) groups excluding carboxylic acids is 1. The molecule has 0 N–H and O–H groups in total. The van der Waals surface area contributed by atoms with Gasteiger partial charge >= 0.3 is 5.97 Å². The van der Waals surface area contributed by atoms with Crippen LogP contribution in [0.3, 0.4) is 0 Å². The minimum Gasteiger partial charge on any atom is -0.423 e. The van der Waals surface area contributed by atoms with Crippen molar-refractivity contribution in [3.8, 4) is 5.75 Å². The Morgan fingerprint density at radius 1 is 0.824 bits per heavy atom. The summed E-state index contributed by atoms with van der Waals surface area (Å²) in [6.45, 7) is 1.14. The Balaban J connectivity index is 1.40. The molecule has 34 heavy (non-hydrogen) atoms. The molecule has 0 aromatic heterocycles. The molecule has 1 fully saturated rings. The zero-order chi connectivity index (χ0) is 23.8. The largest absolute Gasteiger partial charge is 0.423 e. The Hall–Kier alpha value is -3.22. The van der Waals surface area contributed by atoms with E-state index in [1.807, 2.05) is 48.5 Å². The number of nitrogens with zero attached hydrogens (tertiary/aromatic N) is 1. The van der Waals surface area contributed by atoms with Crippen molar-refractivity contribution < 1.29 is 17.9 Å². The van der Waals surface area contributed by atoms with E-state index in [2.05, 4.69) is 0 Å². The van der Waals surface area contributed by atoms with Crippen LogP contribution >= 0.6 is 0 Å². The van der Waals surface area contributed by atoms with E-state index in [-0.39, 0.29) is 4.90 Å². The molecule has 0 atom stereocenters. The Labute approximate surface area is 201 Å². The third-order valence-electron chi connectivity index (χ3n) is 5.92. The van der Waals surface area contributed by atoms with Crippen molar-refractivity contribution in [3.05, 3.63) is 102 Å². The van der Waals surface area contributed by atoms with Crippen LogP contribution in [0.5, 0.6) is 5.75 Å². The second kappa shape index (κ2) is 11.3. The van der Waals surface area contributed by atoms with Crippen LogP contribution in [0.15, 0.2) is 89.8 Å². The van der Waals surface area contributed by atoms with Gasteiger partial charge in [-0.3, -0.25) is 0 Å². The van der Waals surface area contributed by atoms with Crippen LogP contribution < -0.4 is 4.74 Å². The van der Waals surface area contributed by atoms with Gasteiger partial charge < -0.3 is 4.74 Å². The first kappa shape index (κ1) is 23.9. The SMILES string of the molecule is O=C(/C=C/c1ccc(S(=O)(=O)N2CCCCCC2)cc1)Oc1ccccc1Cc1ccccc1. The van der Waals surface area contributed by atoms with Crippen LogP contribution in [0.2, 0.25) is 0 Å². The van der Waals surface area contributed by atoms with Gasteiger partial charge in [-0.1, -0.05) is 73.5 Å². The first-order valence-corrected chi connectivity index (χ1v) is 13.1. The lowest BCUT2D eigenvalue weighted by Crippen LogP contribution is -2.31. The van der Waals surface area contributed by atoms with Crippen LogP contribution in [-0.2, 0) is 21.2 Å². The van der Waals surface area contributed by atoms with E-state index < -0.39 is 16.0 Å². The van der Waals surface area contributed by atoms with Gasteiger partial charge in [0.05, 0.1) is 4.90 Å². The first-order chi connectivity index (χ1) is 16.5. The summed E-state index contributed by atoms with van der Waals surface area (Å²) in [5.41, 5.74) is 2.79. The zero-order valence-electron chi connectivity index (χ0n) is 19.1. The zero-order valence-corrected chi connectivity index (χ0v) is 19.9. The lowest BCUT2D eigenvalue weighted by atomic mass is 10.0. The number of esters is 1. The Morgan fingerprint density at radius 3 is 2.18 bits per heavy atom. The molecule has 1 aliphatic rings. The van der Waals surface area contributed by atoms with E-state index >= 15 is 0 Å². The minimum atomic E-state index is -3.49. The third-order valence-corrected chi connectivity index (χ3v) is 7.83. The second-order valence-corrected chi connectivity index (χ2v) is 10.3. The van der Waals surface area contributed by atoms with Crippen LogP contribution in [0, 0.1) is 0 Å². The van der Waals surface area contributed by atoms with Crippen molar-refractivity contribution in [2.24, 2.45) is 0 Å². The molecule has 0 radical (unpaired) electrons. The van der Waals surface area contributed by atoms with E-state index in [0.717, 1.165) is 42.4 Å². The summed E-state index contributed by atoms with van der Waals surface area (Å²) in [5.74, 6) is 0.0432. The maximum Gasteiger partial charge on any atom is 0.336 e. The Morgan fingerprint density at radius 2 is 1.47 bits per heavy atom. The molecule has 176 valence electrons. The van der Waals surface area contributed by atoms with E-state index in [1.165, 1.54) is 6.08 Å². The Kier molecular flexibility index (Phi) is 7.93. The number of hydrogen-bond acceptors (Lipinski definition) is 4. The first-order valence-electron chi connectivity index (χ1n) is 11.6. The van der Waals surface area contributed by atoms with Gasteiger partial charge in [-0.05, 0) is 53.8 Å². The molecular formula is C28H29NO4S. The molecule has 0 unspecified atom stereocenters. The number of para-hydroxylation sites is 1. The van der Waals surface area contributed by atoms with Gasteiger partial charge in [-0.25, -0.2) is 13.2 Å². The van der Waals surface area contributed by atoms with Gasteiger partial charge in [0.15, 0.2) is 0 Å². The minimum absolute atomic E-state index is 0.281. The van der Waals surface area contributed by atoms with Crippen LogP contribution in [0.1, 0.15) is 42.4 Å². The highest BCUT2D eigenvalue weighted by molar-refractivity contribution is 7.89. The van der Waals surface area contributed by atoms with Crippen molar-refractivity contribution in [1.82, 2.24) is 4.31 Å². The van der Waals surface area contributed by atoms with Crippen molar-refractivity contribution in [1.29, 1.82) is 0 Å². The molecule has 0 amide bonds. The van der Waals surface area contributed by atoms with E-state index in [9.17, 15) is 13.2 Å². The molecule has 1 aliphatic heterocycles. The fourth-order valence-corrected chi connectivity index (χ4v) is 5.57. The van der Waals surface area contributed by atoms with Gasteiger partial charge in [0.25, 0.3) is 0 Å². The summed E-state index contributed by atoms with van der Waals surface area (Å²) in [6.07, 6.45) is 7.60. The van der Waals surface area contributed by atoms with E-state index in [0.29, 0.717) is 25.3 Å². The van der Waals surface area contributed by atoms with Gasteiger partial charge in [-0.15, -0.1) is 0 Å². The summed E-state index contributed by atoms with van der Waals surface area (Å²) in [7, 11) is -3.49. The fraction of sp³-hybridized carbons (Fsp3) is 0.250. The van der Waals surface area contributed by atoms with Gasteiger partial charge in [0, 0.05) is 25.6 Å². The van der Waals surface area contributed by atoms with Crippen LogP contribution in [0.25, 0.3) is 6.08 Å². The maximum atomic E-state index is 12.9. The van der Waals surface area contributed by atoms with Crippen molar-refractivity contribution in [3.63, 3.8) is 0 Å². The smallest absolute Gasteiger partial charge is 0.336 e. The highest BCUT2D eigenvalue weighted by Gasteiger charge is 2.24. The molecule has 6 heteroatoms. The molecule has 1 heterocycles. The molecular weight excluding hydrogens is 446 g/mol. The summed E-state index contributed by atoms with van der Waals surface area (Å²) in [6, 6.07) is 24.1. The number of sulfonamides is 1. The molecule has 4 rings (SSSR count). The van der Waals surface area contributed by atoms with Crippen LogP contribution in [-0.4, -0.2) is 31.8 Å². The van der Waals surface area contributed by atoms with E-state index in [4.69, 9.17) is 4.74 Å². The number of hydrogen-bond donors (Lipinski definition) is 0. The molecule has 3 aromatic rings. The van der Waals surface area contributed by atoms with Crippen molar-refractivity contribution >= 4 is 22.1 Å².